The van der Waals surface area contributed by atoms with Crippen molar-refractivity contribution < 1.29 is 28.6 Å². The first-order valence-electron chi connectivity index (χ1n) is 11.2. The number of ether oxygens (including phenoxy) is 2. The van der Waals surface area contributed by atoms with Gasteiger partial charge in [-0.2, -0.15) is 5.26 Å². The number of Topliss-reactive ketones (excluding diaryl/α,β-unsaturated/α-hetero) is 1. The van der Waals surface area contributed by atoms with Gasteiger partial charge in [0.05, 0.1) is 37.0 Å². The Morgan fingerprint density at radius 2 is 1.81 bits per heavy atom. The van der Waals surface area contributed by atoms with Gasteiger partial charge in [-0.05, 0) is 79.6 Å². The second-order valence-electron chi connectivity index (χ2n) is 8.14. The first kappa shape index (κ1) is 24.5. The van der Waals surface area contributed by atoms with Crippen molar-refractivity contribution in [1.82, 2.24) is 0 Å². The van der Waals surface area contributed by atoms with Crippen LogP contribution in [0.3, 0.4) is 0 Å². The van der Waals surface area contributed by atoms with Gasteiger partial charge in [-0.1, -0.05) is 6.07 Å². The van der Waals surface area contributed by atoms with Crippen molar-refractivity contribution in [3.63, 3.8) is 0 Å². The van der Waals surface area contributed by atoms with Gasteiger partial charge in [0.15, 0.2) is 11.5 Å². The quantitative estimate of drug-likeness (QED) is 0.298. The van der Waals surface area contributed by atoms with Crippen molar-refractivity contribution in [2.24, 2.45) is 0 Å². The third kappa shape index (κ3) is 4.27. The van der Waals surface area contributed by atoms with Crippen LogP contribution in [-0.2, 0) is 9.59 Å². The van der Waals surface area contributed by atoms with Crippen LogP contribution in [0.15, 0.2) is 66.2 Å². The minimum absolute atomic E-state index is 0.150. The second-order valence-corrected chi connectivity index (χ2v) is 8.14. The Morgan fingerprint density at radius 1 is 1.08 bits per heavy atom. The molecule has 182 valence electrons. The molecule has 0 saturated carbocycles. The lowest BCUT2D eigenvalue weighted by atomic mass is 9.94. The fraction of sp³-hybridized carbons (Fsp3) is 0.179. The standard InChI is InChI=1S/C28H23FN2O5/c1-4-36-23-14-18(8-12-22(23)35-3)25-24(26(32)19-7-11-21(29)16(2)13-19)27(33)28(34)31(25)20-9-5-17(15-30)6-10-20/h5-14,25,32H,4H2,1-3H3/b26-24-. The SMILES string of the molecule is CCOc1cc(C2/C(=C(/O)c3ccc(F)c(C)c3)C(=O)C(=O)N2c2ccc(C#N)cc2)ccc1OC. The summed E-state index contributed by atoms with van der Waals surface area (Å²) in [6, 6.07) is 16.1. The van der Waals surface area contributed by atoms with Crippen LogP contribution >= 0.6 is 0 Å². The topological polar surface area (TPSA) is 99.9 Å². The molecule has 4 rings (SSSR count). The number of aliphatic hydroxyl groups is 1. The van der Waals surface area contributed by atoms with Crippen LogP contribution in [0.25, 0.3) is 5.76 Å². The summed E-state index contributed by atoms with van der Waals surface area (Å²) in [6.07, 6.45) is 0. The van der Waals surface area contributed by atoms with Gasteiger partial charge < -0.3 is 14.6 Å². The number of ketones is 1. The highest BCUT2D eigenvalue weighted by Gasteiger charge is 2.47. The average Bonchev–Trinajstić information content (AvgIpc) is 3.15. The van der Waals surface area contributed by atoms with Crippen LogP contribution in [0.4, 0.5) is 10.1 Å². The molecule has 1 heterocycles. The summed E-state index contributed by atoms with van der Waals surface area (Å²) in [4.78, 5) is 27.9. The maximum absolute atomic E-state index is 13.9. The van der Waals surface area contributed by atoms with E-state index in [1.807, 2.05) is 13.0 Å². The molecule has 0 radical (unpaired) electrons. The molecule has 1 amide bonds. The zero-order valence-corrected chi connectivity index (χ0v) is 19.9. The maximum atomic E-state index is 13.9. The van der Waals surface area contributed by atoms with Gasteiger partial charge >= 0.3 is 0 Å². The van der Waals surface area contributed by atoms with Gasteiger partial charge in [-0.3, -0.25) is 14.5 Å². The number of benzene rings is 3. The van der Waals surface area contributed by atoms with E-state index < -0.39 is 29.3 Å². The molecule has 0 aliphatic carbocycles. The number of rotatable bonds is 6. The number of carbonyl (C=O) groups is 2. The van der Waals surface area contributed by atoms with Crippen LogP contribution in [0.5, 0.6) is 11.5 Å². The number of nitriles is 1. The molecule has 1 unspecified atom stereocenters. The summed E-state index contributed by atoms with van der Waals surface area (Å²) in [7, 11) is 1.50. The number of anilines is 1. The molecule has 1 saturated heterocycles. The highest BCUT2D eigenvalue weighted by Crippen LogP contribution is 2.44. The van der Waals surface area contributed by atoms with Crippen LogP contribution in [0.1, 0.15) is 35.2 Å². The van der Waals surface area contributed by atoms with Gasteiger partial charge in [0.2, 0.25) is 0 Å². The first-order valence-corrected chi connectivity index (χ1v) is 11.2. The number of halogens is 1. The van der Waals surface area contributed by atoms with E-state index in [1.165, 1.54) is 49.3 Å². The van der Waals surface area contributed by atoms with E-state index >= 15 is 0 Å². The molecule has 1 N–H and O–H groups in total. The Bertz CT molecular complexity index is 1420. The summed E-state index contributed by atoms with van der Waals surface area (Å²) < 4.78 is 24.9. The lowest BCUT2D eigenvalue weighted by Crippen LogP contribution is -2.29. The van der Waals surface area contributed by atoms with Crippen LogP contribution < -0.4 is 14.4 Å². The zero-order valence-electron chi connectivity index (χ0n) is 19.9. The molecule has 1 fully saturated rings. The van der Waals surface area contributed by atoms with Gasteiger partial charge in [-0.25, -0.2) is 4.39 Å². The van der Waals surface area contributed by atoms with Gasteiger partial charge in [0.1, 0.15) is 11.6 Å². The molecule has 0 spiro atoms. The normalized spacial score (nSPS) is 16.6. The van der Waals surface area contributed by atoms with Crippen molar-refractivity contribution in [2.45, 2.75) is 19.9 Å². The van der Waals surface area contributed by atoms with E-state index in [-0.39, 0.29) is 16.7 Å². The number of hydrogen-bond donors (Lipinski definition) is 1. The monoisotopic (exact) mass is 486 g/mol. The molecule has 1 aliphatic heterocycles. The van der Waals surface area contributed by atoms with Crippen molar-refractivity contribution in [3.8, 4) is 17.6 Å². The largest absolute Gasteiger partial charge is 0.507 e. The molecule has 7 nitrogen and oxygen atoms in total. The molecular weight excluding hydrogens is 463 g/mol. The van der Waals surface area contributed by atoms with Crippen molar-refractivity contribution in [2.75, 3.05) is 18.6 Å². The molecule has 0 bridgehead atoms. The van der Waals surface area contributed by atoms with E-state index in [0.717, 1.165) is 0 Å². The Hall–Kier alpha value is -4.64. The third-order valence-corrected chi connectivity index (χ3v) is 5.95. The summed E-state index contributed by atoms with van der Waals surface area (Å²) in [5.41, 5.74) is 1.57. The fourth-order valence-corrected chi connectivity index (χ4v) is 4.19. The number of amides is 1. The molecular formula is C28H23FN2O5. The zero-order chi connectivity index (χ0) is 26.0. The molecule has 0 aromatic heterocycles. The first-order chi connectivity index (χ1) is 17.3. The Morgan fingerprint density at radius 3 is 2.42 bits per heavy atom. The van der Waals surface area contributed by atoms with Crippen molar-refractivity contribution >= 4 is 23.1 Å². The Labute approximate surface area is 207 Å². The molecule has 1 aliphatic rings. The minimum Gasteiger partial charge on any atom is -0.507 e. The molecule has 3 aromatic carbocycles. The number of hydrogen-bond acceptors (Lipinski definition) is 6. The third-order valence-electron chi connectivity index (χ3n) is 5.95. The number of aryl methyl sites for hydroxylation is 1. The van der Waals surface area contributed by atoms with E-state index in [9.17, 15) is 19.1 Å². The highest BCUT2D eigenvalue weighted by atomic mass is 19.1. The number of aliphatic hydroxyl groups excluding tert-OH is 1. The van der Waals surface area contributed by atoms with E-state index in [4.69, 9.17) is 14.7 Å². The number of carbonyl (C=O) groups excluding carboxylic acids is 2. The molecule has 1 atom stereocenters. The summed E-state index contributed by atoms with van der Waals surface area (Å²) in [5, 5.41) is 20.4. The Kier molecular flexibility index (Phi) is 6.75. The molecule has 36 heavy (non-hydrogen) atoms. The lowest BCUT2D eigenvalue weighted by Gasteiger charge is -2.26. The molecule has 3 aromatic rings. The predicted octanol–water partition coefficient (Wildman–Crippen LogP) is 5.04. The van der Waals surface area contributed by atoms with Crippen molar-refractivity contribution in [1.29, 1.82) is 5.26 Å². The van der Waals surface area contributed by atoms with E-state index in [2.05, 4.69) is 0 Å². The predicted molar refractivity (Wildman–Crippen MR) is 131 cm³/mol. The van der Waals surface area contributed by atoms with Gasteiger partial charge in [0, 0.05) is 11.3 Å². The van der Waals surface area contributed by atoms with E-state index in [1.54, 1.807) is 30.3 Å². The number of methoxy groups -OCH3 is 1. The summed E-state index contributed by atoms with van der Waals surface area (Å²) in [5.74, 6) is -1.76. The van der Waals surface area contributed by atoms with Crippen molar-refractivity contribution in [3.05, 3.63) is 94.3 Å². The Balaban J connectivity index is 1.96. The molecule has 8 heteroatoms. The average molecular weight is 486 g/mol. The second kappa shape index (κ2) is 9.92. The summed E-state index contributed by atoms with van der Waals surface area (Å²) in [6.45, 7) is 3.70. The lowest BCUT2D eigenvalue weighted by molar-refractivity contribution is -0.132. The smallest absolute Gasteiger partial charge is 0.300 e. The van der Waals surface area contributed by atoms with Crippen LogP contribution in [0, 0.1) is 24.1 Å². The van der Waals surface area contributed by atoms with E-state index in [0.29, 0.717) is 34.9 Å². The van der Waals surface area contributed by atoms with Gasteiger partial charge in [0.25, 0.3) is 11.7 Å². The minimum atomic E-state index is -1.02. The van der Waals surface area contributed by atoms with Crippen LogP contribution in [0.2, 0.25) is 0 Å². The highest BCUT2D eigenvalue weighted by molar-refractivity contribution is 6.51. The van der Waals surface area contributed by atoms with Gasteiger partial charge in [-0.15, -0.1) is 0 Å². The van der Waals surface area contributed by atoms with Crippen LogP contribution in [-0.4, -0.2) is 30.5 Å². The summed E-state index contributed by atoms with van der Waals surface area (Å²) >= 11 is 0. The maximum Gasteiger partial charge on any atom is 0.300 e. The fourth-order valence-electron chi connectivity index (χ4n) is 4.19. The number of nitrogens with zero attached hydrogens (tertiary/aromatic N) is 2.